The van der Waals surface area contributed by atoms with Crippen molar-refractivity contribution >= 4 is 29.0 Å². The SMILES string of the molecule is CN(C)C(C)(C)C(=O)c1cccc(Cl)c1Cl. The lowest BCUT2D eigenvalue weighted by atomic mass is 9.92. The highest BCUT2D eigenvalue weighted by Gasteiger charge is 2.32. The van der Waals surface area contributed by atoms with Gasteiger partial charge < -0.3 is 0 Å². The van der Waals surface area contributed by atoms with Crippen LogP contribution < -0.4 is 0 Å². The summed E-state index contributed by atoms with van der Waals surface area (Å²) in [5.41, 5.74) is -0.137. The zero-order valence-corrected chi connectivity index (χ0v) is 11.4. The summed E-state index contributed by atoms with van der Waals surface area (Å²) < 4.78 is 0. The van der Waals surface area contributed by atoms with Gasteiger partial charge in [0.25, 0.3) is 0 Å². The van der Waals surface area contributed by atoms with Crippen LogP contribution in [-0.2, 0) is 0 Å². The van der Waals surface area contributed by atoms with Gasteiger partial charge in [0.15, 0.2) is 5.78 Å². The summed E-state index contributed by atoms with van der Waals surface area (Å²) in [4.78, 5) is 14.1. The zero-order valence-electron chi connectivity index (χ0n) is 9.84. The van der Waals surface area contributed by atoms with Gasteiger partial charge in [-0.3, -0.25) is 9.69 Å². The molecule has 0 heterocycles. The lowest BCUT2D eigenvalue weighted by molar-refractivity contribution is 0.0755. The minimum Gasteiger partial charge on any atom is -0.297 e. The Morgan fingerprint density at radius 3 is 2.31 bits per heavy atom. The minimum absolute atomic E-state index is 0.0370. The van der Waals surface area contributed by atoms with Crippen LogP contribution in [0.3, 0.4) is 0 Å². The Morgan fingerprint density at radius 2 is 1.81 bits per heavy atom. The first-order valence-corrected chi connectivity index (χ1v) is 5.70. The summed E-state index contributed by atoms with van der Waals surface area (Å²) in [6.07, 6.45) is 0. The number of ketones is 1. The molecule has 0 aliphatic heterocycles. The topological polar surface area (TPSA) is 20.3 Å². The van der Waals surface area contributed by atoms with Crippen LogP contribution in [0.25, 0.3) is 0 Å². The van der Waals surface area contributed by atoms with Gasteiger partial charge in [-0.05, 0) is 40.1 Å². The fraction of sp³-hybridized carbons (Fsp3) is 0.417. The number of hydrogen-bond acceptors (Lipinski definition) is 2. The van der Waals surface area contributed by atoms with E-state index in [0.29, 0.717) is 15.6 Å². The lowest BCUT2D eigenvalue weighted by Gasteiger charge is -2.31. The number of Topliss-reactive ketones (excluding diaryl/α,β-unsaturated/α-hetero) is 1. The van der Waals surface area contributed by atoms with Gasteiger partial charge in [-0.25, -0.2) is 0 Å². The Morgan fingerprint density at radius 1 is 1.25 bits per heavy atom. The Balaban J connectivity index is 3.21. The van der Waals surface area contributed by atoms with Crippen molar-refractivity contribution in [3.05, 3.63) is 33.8 Å². The van der Waals surface area contributed by atoms with E-state index in [1.165, 1.54) is 0 Å². The molecule has 0 bridgehead atoms. The van der Waals surface area contributed by atoms with Gasteiger partial charge in [0, 0.05) is 5.56 Å². The molecule has 0 aliphatic carbocycles. The molecule has 0 aliphatic rings. The smallest absolute Gasteiger partial charge is 0.184 e. The van der Waals surface area contributed by atoms with Crippen LogP contribution in [-0.4, -0.2) is 30.3 Å². The number of carbonyl (C=O) groups is 1. The first-order valence-electron chi connectivity index (χ1n) is 4.94. The first-order chi connectivity index (χ1) is 7.28. The van der Waals surface area contributed by atoms with Crippen LogP contribution in [0.1, 0.15) is 24.2 Å². The number of carbonyl (C=O) groups excluding carboxylic acids is 1. The van der Waals surface area contributed by atoms with E-state index < -0.39 is 5.54 Å². The fourth-order valence-electron chi connectivity index (χ4n) is 1.21. The molecular weight excluding hydrogens is 245 g/mol. The molecule has 0 atom stereocenters. The Kier molecular flexibility index (Phi) is 4.00. The van der Waals surface area contributed by atoms with E-state index in [0.717, 1.165) is 0 Å². The maximum atomic E-state index is 12.3. The van der Waals surface area contributed by atoms with E-state index in [-0.39, 0.29) is 5.78 Å². The van der Waals surface area contributed by atoms with Crippen molar-refractivity contribution < 1.29 is 4.79 Å². The molecule has 1 aromatic rings. The molecule has 0 spiro atoms. The highest BCUT2D eigenvalue weighted by molar-refractivity contribution is 6.44. The van der Waals surface area contributed by atoms with Crippen LogP contribution in [0.2, 0.25) is 10.0 Å². The van der Waals surface area contributed by atoms with Crippen molar-refractivity contribution in [1.29, 1.82) is 0 Å². The summed E-state index contributed by atoms with van der Waals surface area (Å²) in [6.45, 7) is 3.71. The average Bonchev–Trinajstić information content (AvgIpc) is 2.21. The van der Waals surface area contributed by atoms with Gasteiger partial charge in [0.1, 0.15) is 0 Å². The highest BCUT2D eigenvalue weighted by atomic mass is 35.5. The molecule has 0 unspecified atom stereocenters. The quantitative estimate of drug-likeness (QED) is 0.775. The summed E-state index contributed by atoms with van der Waals surface area (Å²) in [5.74, 6) is -0.0370. The summed E-state index contributed by atoms with van der Waals surface area (Å²) in [5, 5.41) is 0.728. The van der Waals surface area contributed by atoms with Crippen molar-refractivity contribution in [2.24, 2.45) is 0 Å². The maximum Gasteiger partial charge on any atom is 0.184 e. The predicted octanol–water partition coefficient (Wildman–Crippen LogP) is 3.52. The molecule has 0 fully saturated rings. The van der Waals surface area contributed by atoms with E-state index in [1.807, 2.05) is 32.8 Å². The molecule has 0 saturated carbocycles. The second-order valence-corrected chi connectivity index (χ2v) is 5.17. The van der Waals surface area contributed by atoms with Crippen LogP contribution in [0.4, 0.5) is 0 Å². The molecule has 0 N–H and O–H groups in total. The van der Waals surface area contributed by atoms with Gasteiger partial charge in [0.05, 0.1) is 15.6 Å². The standard InChI is InChI=1S/C12H15Cl2NO/c1-12(2,15(3)4)11(16)8-6-5-7-9(13)10(8)14/h5-7H,1-4H3. The van der Waals surface area contributed by atoms with Crippen LogP contribution in [0, 0.1) is 0 Å². The Bertz CT molecular complexity index is 413. The number of halogens is 2. The fourth-order valence-corrected chi connectivity index (χ4v) is 1.60. The molecule has 0 aromatic heterocycles. The number of hydrogen-bond donors (Lipinski definition) is 0. The Labute approximate surface area is 106 Å². The summed E-state index contributed by atoms with van der Waals surface area (Å²) in [7, 11) is 3.71. The second kappa shape index (κ2) is 4.74. The first kappa shape index (κ1) is 13.5. The van der Waals surface area contributed by atoms with E-state index >= 15 is 0 Å². The predicted molar refractivity (Wildman–Crippen MR) is 68.6 cm³/mol. The van der Waals surface area contributed by atoms with E-state index in [1.54, 1.807) is 18.2 Å². The highest BCUT2D eigenvalue weighted by Crippen LogP contribution is 2.29. The van der Waals surface area contributed by atoms with E-state index in [2.05, 4.69) is 0 Å². The molecule has 0 radical (unpaired) electrons. The van der Waals surface area contributed by atoms with Crippen molar-refractivity contribution in [2.45, 2.75) is 19.4 Å². The van der Waals surface area contributed by atoms with Crippen LogP contribution >= 0.6 is 23.2 Å². The lowest BCUT2D eigenvalue weighted by Crippen LogP contribution is -2.45. The van der Waals surface area contributed by atoms with Gasteiger partial charge in [-0.1, -0.05) is 29.3 Å². The molecule has 0 saturated heterocycles. The molecule has 1 aromatic carbocycles. The van der Waals surface area contributed by atoms with Gasteiger partial charge in [-0.2, -0.15) is 0 Å². The number of nitrogens with zero attached hydrogens (tertiary/aromatic N) is 1. The largest absolute Gasteiger partial charge is 0.297 e. The molecule has 2 nitrogen and oxygen atoms in total. The number of benzene rings is 1. The normalized spacial score (nSPS) is 11.9. The van der Waals surface area contributed by atoms with E-state index in [4.69, 9.17) is 23.2 Å². The van der Waals surface area contributed by atoms with Crippen LogP contribution in [0.5, 0.6) is 0 Å². The third-order valence-corrected chi connectivity index (χ3v) is 3.69. The van der Waals surface area contributed by atoms with Gasteiger partial charge in [-0.15, -0.1) is 0 Å². The molecule has 4 heteroatoms. The monoisotopic (exact) mass is 259 g/mol. The molecular formula is C12H15Cl2NO. The minimum atomic E-state index is -0.603. The van der Waals surface area contributed by atoms with Crippen molar-refractivity contribution in [2.75, 3.05) is 14.1 Å². The van der Waals surface area contributed by atoms with Crippen molar-refractivity contribution in [3.8, 4) is 0 Å². The molecule has 16 heavy (non-hydrogen) atoms. The van der Waals surface area contributed by atoms with Gasteiger partial charge >= 0.3 is 0 Å². The maximum absolute atomic E-state index is 12.3. The average molecular weight is 260 g/mol. The number of rotatable bonds is 3. The zero-order chi connectivity index (χ0) is 12.5. The summed E-state index contributed by atoms with van der Waals surface area (Å²) >= 11 is 11.9. The third kappa shape index (κ3) is 2.40. The third-order valence-electron chi connectivity index (χ3n) is 2.87. The molecule has 0 amide bonds. The van der Waals surface area contributed by atoms with E-state index in [9.17, 15) is 4.79 Å². The number of likely N-dealkylation sites (N-methyl/N-ethyl adjacent to an activating group) is 1. The summed E-state index contributed by atoms with van der Waals surface area (Å²) in [6, 6.07) is 5.10. The van der Waals surface area contributed by atoms with Crippen LogP contribution in [0.15, 0.2) is 18.2 Å². The van der Waals surface area contributed by atoms with Crippen molar-refractivity contribution in [1.82, 2.24) is 4.90 Å². The molecule has 1 rings (SSSR count). The van der Waals surface area contributed by atoms with Crippen molar-refractivity contribution in [3.63, 3.8) is 0 Å². The Hall–Kier alpha value is -0.570. The molecule has 88 valence electrons. The van der Waals surface area contributed by atoms with Gasteiger partial charge in [0.2, 0.25) is 0 Å². The second-order valence-electron chi connectivity index (χ2n) is 4.38.